The van der Waals surface area contributed by atoms with Crippen LogP contribution in [0, 0.1) is 0 Å². The summed E-state index contributed by atoms with van der Waals surface area (Å²) in [6.45, 7) is 7.56. The normalized spacial score (nSPS) is 18.5. The molecule has 0 aliphatic carbocycles. The van der Waals surface area contributed by atoms with Gasteiger partial charge in [0, 0.05) is 12.5 Å². The van der Waals surface area contributed by atoms with Crippen molar-refractivity contribution in [1.82, 2.24) is 20.5 Å². The molecule has 0 bridgehead atoms. The van der Waals surface area contributed by atoms with E-state index >= 15 is 0 Å². The van der Waals surface area contributed by atoms with Gasteiger partial charge in [0.25, 0.3) is 0 Å². The number of hydrogen-bond acceptors (Lipinski definition) is 6. The number of thiazole rings is 1. The van der Waals surface area contributed by atoms with Crippen molar-refractivity contribution in [3.63, 3.8) is 0 Å². The van der Waals surface area contributed by atoms with E-state index in [0.29, 0.717) is 28.5 Å². The standard InChI is InChI=1S/C27H31ClN4O4S/c1-16(24(33)29-14-22-31-23-19(28)11-8-12-21(23)37-22)30-25(34)20-13-18(17-9-6-5-7-10-17)15-32(20)26(35)36-27(2,3)4/h5-12,16,18,20H,13-15H2,1-4H3,(H,29,33)(H,30,34)/t16-,18-,20+/m0/s1. The summed E-state index contributed by atoms with van der Waals surface area (Å²) in [7, 11) is 0. The Balaban J connectivity index is 1.40. The minimum absolute atomic E-state index is 0.0144. The smallest absolute Gasteiger partial charge is 0.410 e. The zero-order chi connectivity index (χ0) is 26.7. The van der Waals surface area contributed by atoms with Gasteiger partial charge >= 0.3 is 6.09 Å². The van der Waals surface area contributed by atoms with Gasteiger partial charge in [0.05, 0.1) is 16.3 Å². The first-order valence-corrected chi connectivity index (χ1v) is 13.4. The van der Waals surface area contributed by atoms with Crippen molar-refractivity contribution in [2.24, 2.45) is 0 Å². The van der Waals surface area contributed by atoms with Gasteiger partial charge in [-0.3, -0.25) is 14.5 Å². The number of halogens is 1. The number of hydrogen-bond donors (Lipinski definition) is 2. The summed E-state index contributed by atoms with van der Waals surface area (Å²) in [6.07, 6.45) is -0.103. The molecule has 10 heteroatoms. The van der Waals surface area contributed by atoms with Crippen LogP contribution in [0.25, 0.3) is 10.2 Å². The van der Waals surface area contributed by atoms with Gasteiger partial charge in [0.15, 0.2) is 0 Å². The van der Waals surface area contributed by atoms with Gasteiger partial charge in [-0.2, -0.15) is 0 Å². The molecule has 3 amide bonds. The van der Waals surface area contributed by atoms with Crippen LogP contribution in [0.15, 0.2) is 48.5 Å². The van der Waals surface area contributed by atoms with Crippen LogP contribution in [0.2, 0.25) is 5.02 Å². The Morgan fingerprint density at radius 2 is 1.89 bits per heavy atom. The van der Waals surface area contributed by atoms with Crippen LogP contribution in [0.1, 0.15) is 50.6 Å². The van der Waals surface area contributed by atoms with E-state index in [1.807, 2.05) is 42.5 Å². The number of rotatable bonds is 6. The second-order valence-electron chi connectivity index (χ2n) is 10.1. The highest BCUT2D eigenvalue weighted by atomic mass is 35.5. The van der Waals surface area contributed by atoms with E-state index in [1.165, 1.54) is 16.2 Å². The van der Waals surface area contributed by atoms with Crippen molar-refractivity contribution in [3.8, 4) is 0 Å². The number of para-hydroxylation sites is 1. The summed E-state index contributed by atoms with van der Waals surface area (Å²) < 4.78 is 6.51. The molecule has 3 atom stereocenters. The number of benzene rings is 2. The predicted octanol–water partition coefficient (Wildman–Crippen LogP) is 4.86. The maximum atomic E-state index is 13.3. The summed E-state index contributed by atoms with van der Waals surface area (Å²) in [4.78, 5) is 45.0. The van der Waals surface area contributed by atoms with Crippen molar-refractivity contribution in [1.29, 1.82) is 0 Å². The molecule has 0 spiro atoms. The van der Waals surface area contributed by atoms with Crippen molar-refractivity contribution < 1.29 is 19.1 Å². The van der Waals surface area contributed by atoms with Crippen LogP contribution in [0.5, 0.6) is 0 Å². The molecule has 196 valence electrons. The maximum Gasteiger partial charge on any atom is 0.410 e. The largest absolute Gasteiger partial charge is 0.444 e. The van der Waals surface area contributed by atoms with Crippen molar-refractivity contribution in [2.45, 2.75) is 64.3 Å². The molecule has 1 aliphatic heterocycles. The summed E-state index contributed by atoms with van der Waals surface area (Å²) in [6, 6.07) is 13.8. The Morgan fingerprint density at radius 1 is 1.16 bits per heavy atom. The predicted molar refractivity (Wildman–Crippen MR) is 145 cm³/mol. The number of aromatic nitrogens is 1. The molecule has 4 rings (SSSR count). The van der Waals surface area contributed by atoms with E-state index < -0.39 is 29.7 Å². The topological polar surface area (TPSA) is 101 Å². The van der Waals surface area contributed by atoms with Crippen LogP contribution in [-0.4, -0.2) is 52.0 Å². The monoisotopic (exact) mass is 542 g/mol. The lowest BCUT2D eigenvalue weighted by Crippen LogP contribution is -2.52. The van der Waals surface area contributed by atoms with Crippen LogP contribution < -0.4 is 10.6 Å². The van der Waals surface area contributed by atoms with E-state index in [0.717, 1.165) is 10.3 Å². The summed E-state index contributed by atoms with van der Waals surface area (Å²) in [5, 5.41) is 6.87. The fourth-order valence-electron chi connectivity index (χ4n) is 4.30. The van der Waals surface area contributed by atoms with E-state index in [2.05, 4.69) is 15.6 Å². The molecule has 2 aromatic carbocycles. The Hall–Kier alpha value is -3.17. The number of likely N-dealkylation sites (tertiary alicyclic amines) is 1. The van der Waals surface area contributed by atoms with Crippen LogP contribution >= 0.6 is 22.9 Å². The first-order chi connectivity index (χ1) is 17.5. The summed E-state index contributed by atoms with van der Waals surface area (Å²) >= 11 is 7.64. The first kappa shape index (κ1) is 26.9. The third-order valence-electron chi connectivity index (χ3n) is 6.08. The zero-order valence-corrected chi connectivity index (χ0v) is 22.9. The van der Waals surface area contributed by atoms with Gasteiger partial charge in [-0.25, -0.2) is 9.78 Å². The molecule has 0 unspecified atom stereocenters. The van der Waals surface area contributed by atoms with E-state index in [4.69, 9.17) is 16.3 Å². The quantitative estimate of drug-likeness (QED) is 0.463. The Kier molecular flexibility index (Phi) is 8.04. The van der Waals surface area contributed by atoms with Gasteiger partial charge < -0.3 is 15.4 Å². The second-order valence-corrected chi connectivity index (χ2v) is 11.7. The molecule has 3 aromatic rings. The molecular weight excluding hydrogens is 512 g/mol. The first-order valence-electron chi connectivity index (χ1n) is 12.2. The van der Waals surface area contributed by atoms with E-state index in [1.54, 1.807) is 33.8 Å². The number of fused-ring (bicyclic) bond motifs is 1. The van der Waals surface area contributed by atoms with E-state index in [9.17, 15) is 14.4 Å². The van der Waals surface area contributed by atoms with Crippen molar-refractivity contribution >= 4 is 51.1 Å². The second kappa shape index (κ2) is 11.1. The van der Waals surface area contributed by atoms with E-state index in [-0.39, 0.29) is 18.4 Å². The van der Waals surface area contributed by atoms with Crippen molar-refractivity contribution in [2.75, 3.05) is 6.54 Å². The maximum absolute atomic E-state index is 13.3. The molecule has 37 heavy (non-hydrogen) atoms. The van der Waals surface area contributed by atoms with Crippen molar-refractivity contribution in [3.05, 3.63) is 64.1 Å². The number of carbonyl (C=O) groups excluding carboxylic acids is 3. The van der Waals surface area contributed by atoms with Gasteiger partial charge in [0.2, 0.25) is 11.8 Å². The van der Waals surface area contributed by atoms with Gasteiger partial charge in [-0.15, -0.1) is 11.3 Å². The minimum atomic E-state index is -0.804. The number of nitrogens with zero attached hydrogens (tertiary/aromatic N) is 2. The number of nitrogens with one attached hydrogen (secondary N) is 2. The Morgan fingerprint density at radius 3 is 2.57 bits per heavy atom. The highest BCUT2D eigenvalue weighted by molar-refractivity contribution is 7.18. The molecule has 1 saturated heterocycles. The zero-order valence-electron chi connectivity index (χ0n) is 21.3. The van der Waals surface area contributed by atoms with Crippen LogP contribution in [-0.2, 0) is 20.9 Å². The fourth-order valence-corrected chi connectivity index (χ4v) is 5.51. The minimum Gasteiger partial charge on any atom is -0.444 e. The van der Waals surface area contributed by atoms with Gasteiger partial charge in [-0.1, -0.05) is 48.0 Å². The SMILES string of the molecule is C[C@H](NC(=O)[C@H]1C[C@H](c2ccccc2)CN1C(=O)OC(C)(C)C)C(=O)NCc1nc2c(Cl)cccc2s1. The fraction of sp³-hybridized carbons (Fsp3) is 0.407. The van der Waals surface area contributed by atoms with Crippen LogP contribution in [0.4, 0.5) is 4.79 Å². The molecule has 8 nitrogen and oxygen atoms in total. The average molecular weight is 543 g/mol. The Bertz CT molecular complexity index is 1290. The molecule has 1 aliphatic rings. The third-order valence-corrected chi connectivity index (χ3v) is 7.41. The lowest BCUT2D eigenvalue weighted by atomic mass is 9.96. The highest BCUT2D eigenvalue weighted by Gasteiger charge is 2.42. The molecule has 0 radical (unpaired) electrons. The molecule has 1 fully saturated rings. The molecule has 2 N–H and O–H groups in total. The summed E-state index contributed by atoms with van der Waals surface area (Å²) in [5.74, 6) is -0.752. The van der Waals surface area contributed by atoms with Gasteiger partial charge in [0.1, 0.15) is 28.2 Å². The molecule has 2 heterocycles. The molecular formula is C27H31ClN4O4S. The average Bonchev–Trinajstić information content (AvgIpc) is 3.47. The number of amides is 3. The van der Waals surface area contributed by atoms with Crippen LogP contribution in [0.3, 0.4) is 0 Å². The third kappa shape index (κ3) is 6.59. The number of carbonyl (C=O) groups is 3. The summed E-state index contributed by atoms with van der Waals surface area (Å²) in [5.41, 5.74) is 1.06. The Labute approximate surface area is 225 Å². The lowest BCUT2D eigenvalue weighted by Gasteiger charge is -2.28. The molecule has 1 aromatic heterocycles. The number of ether oxygens (including phenoxy) is 1. The molecule has 0 saturated carbocycles. The highest BCUT2D eigenvalue weighted by Crippen LogP contribution is 2.33. The van der Waals surface area contributed by atoms with Gasteiger partial charge in [-0.05, 0) is 51.8 Å². The lowest BCUT2D eigenvalue weighted by molar-refractivity contribution is -0.131.